The highest BCUT2D eigenvalue weighted by Gasteiger charge is 2.23. The average molecular weight is 250 g/mol. The zero-order valence-electron chi connectivity index (χ0n) is 9.61. The van der Waals surface area contributed by atoms with Gasteiger partial charge < -0.3 is 5.73 Å². The van der Waals surface area contributed by atoms with Gasteiger partial charge in [-0.25, -0.2) is 13.5 Å². The normalized spacial score (nSPS) is 18.7. The van der Waals surface area contributed by atoms with Gasteiger partial charge in [0.25, 0.3) is 0 Å². The smallest absolute Gasteiger partial charge is 0.239 e. The highest BCUT2D eigenvalue weighted by molar-refractivity contribution is 5.25. The van der Waals surface area contributed by atoms with Crippen molar-refractivity contribution in [2.45, 2.75) is 25.3 Å². The minimum absolute atomic E-state index is 0.0614. The first kappa shape index (κ1) is 11.1. The second-order valence-corrected chi connectivity index (χ2v) is 4.50. The zero-order chi connectivity index (χ0) is 12.7. The topological polar surface area (TPSA) is 56.7 Å². The number of anilines is 1. The summed E-state index contributed by atoms with van der Waals surface area (Å²) in [6.45, 7) is 0.669. The molecule has 2 aromatic rings. The summed E-state index contributed by atoms with van der Waals surface area (Å²) >= 11 is 0. The van der Waals surface area contributed by atoms with Crippen LogP contribution in [-0.2, 0) is 13.0 Å². The molecule has 1 atom stereocenters. The third kappa shape index (κ3) is 1.94. The van der Waals surface area contributed by atoms with E-state index in [0.29, 0.717) is 18.5 Å². The van der Waals surface area contributed by atoms with Crippen LogP contribution in [0.3, 0.4) is 0 Å². The Morgan fingerprint density at radius 3 is 2.67 bits per heavy atom. The van der Waals surface area contributed by atoms with Gasteiger partial charge in [-0.15, -0.1) is 5.10 Å². The lowest BCUT2D eigenvalue weighted by Gasteiger charge is -2.22. The molecule has 2 N–H and O–H groups in total. The van der Waals surface area contributed by atoms with Crippen LogP contribution in [0.15, 0.2) is 18.2 Å². The van der Waals surface area contributed by atoms with Crippen molar-refractivity contribution >= 4 is 5.95 Å². The molecule has 4 nitrogen and oxygen atoms in total. The van der Waals surface area contributed by atoms with Crippen LogP contribution in [0.2, 0.25) is 0 Å². The van der Waals surface area contributed by atoms with Crippen LogP contribution >= 0.6 is 0 Å². The van der Waals surface area contributed by atoms with Gasteiger partial charge in [-0.3, -0.25) is 0 Å². The molecule has 2 heterocycles. The second-order valence-electron chi connectivity index (χ2n) is 4.50. The van der Waals surface area contributed by atoms with Crippen molar-refractivity contribution in [1.29, 1.82) is 0 Å². The van der Waals surface area contributed by atoms with Crippen LogP contribution < -0.4 is 5.73 Å². The molecule has 3 rings (SSSR count). The molecule has 0 spiro atoms. The maximum absolute atomic E-state index is 13.2. The van der Waals surface area contributed by atoms with Gasteiger partial charge in [-0.05, 0) is 30.0 Å². The van der Waals surface area contributed by atoms with Gasteiger partial charge in [0.05, 0.1) is 0 Å². The van der Waals surface area contributed by atoms with Crippen molar-refractivity contribution in [2.75, 3.05) is 5.73 Å². The fourth-order valence-corrected chi connectivity index (χ4v) is 2.42. The van der Waals surface area contributed by atoms with E-state index in [1.807, 2.05) is 0 Å². The van der Waals surface area contributed by atoms with E-state index >= 15 is 0 Å². The van der Waals surface area contributed by atoms with Gasteiger partial charge in [0.2, 0.25) is 5.95 Å². The Hall–Kier alpha value is -1.98. The molecule has 94 valence electrons. The number of nitrogens with zero attached hydrogens (tertiary/aromatic N) is 3. The molecule has 0 radical (unpaired) electrons. The van der Waals surface area contributed by atoms with E-state index < -0.39 is 11.6 Å². The SMILES string of the molecule is Nc1nc2n(n1)CCC(c1cc(F)cc(F)c1)C2. The summed E-state index contributed by atoms with van der Waals surface area (Å²) in [5.41, 5.74) is 6.19. The second kappa shape index (κ2) is 4.04. The molecule has 1 aromatic heterocycles. The molecule has 0 bridgehead atoms. The van der Waals surface area contributed by atoms with Crippen molar-refractivity contribution in [1.82, 2.24) is 14.8 Å². The van der Waals surface area contributed by atoms with Gasteiger partial charge >= 0.3 is 0 Å². The Bertz CT molecular complexity index is 574. The van der Waals surface area contributed by atoms with Crippen LogP contribution in [0.1, 0.15) is 23.7 Å². The monoisotopic (exact) mass is 250 g/mol. The largest absolute Gasteiger partial charge is 0.366 e. The number of benzene rings is 1. The van der Waals surface area contributed by atoms with Crippen molar-refractivity contribution in [3.63, 3.8) is 0 Å². The van der Waals surface area contributed by atoms with Crippen LogP contribution in [0, 0.1) is 11.6 Å². The highest BCUT2D eigenvalue weighted by atomic mass is 19.1. The molecule has 1 aliphatic heterocycles. The van der Waals surface area contributed by atoms with Crippen LogP contribution in [0.5, 0.6) is 0 Å². The predicted molar refractivity (Wildman–Crippen MR) is 61.9 cm³/mol. The summed E-state index contributed by atoms with van der Waals surface area (Å²) < 4.78 is 28.1. The van der Waals surface area contributed by atoms with E-state index in [1.165, 1.54) is 12.1 Å². The summed E-state index contributed by atoms with van der Waals surface area (Å²) in [6, 6.07) is 3.64. The van der Waals surface area contributed by atoms with Crippen molar-refractivity contribution in [2.24, 2.45) is 0 Å². The number of hydrogen-bond donors (Lipinski definition) is 1. The minimum Gasteiger partial charge on any atom is -0.366 e. The van der Waals surface area contributed by atoms with E-state index in [0.717, 1.165) is 18.3 Å². The molecule has 1 aromatic carbocycles. The molecule has 0 amide bonds. The van der Waals surface area contributed by atoms with Gasteiger partial charge in [0.15, 0.2) is 0 Å². The van der Waals surface area contributed by atoms with E-state index in [4.69, 9.17) is 5.73 Å². The number of aromatic nitrogens is 3. The number of nitrogen functional groups attached to an aromatic ring is 1. The molecular formula is C12H12F2N4. The number of rotatable bonds is 1. The van der Waals surface area contributed by atoms with E-state index in [1.54, 1.807) is 4.68 Å². The number of aryl methyl sites for hydroxylation is 1. The van der Waals surface area contributed by atoms with Crippen molar-refractivity contribution in [3.05, 3.63) is 41.2 Å². The average Bonchev–Trinajstić information content (AvgIpc) is 2.66. The van der Waals surface area contributed by atoms with Crippen LogP contribution in [-0.4, -0.2) is 14.8 Å². The molecule has 18 heavy (non-hydrogen) atoms. The number of hydrogen-bond acceptors (Lipinski definition) is 3. The Morgan fingerprint density at radius 1 is 1.22 bits per heavy atom. The lowest BCUT2D eigenvalue weighted by molar-refractivity contribution is 0.431. The Morgan fingerprint density at radius 2 is 1.94 bits per heavy atom. The molecule has 0 aliphatic carbocycles. The Kier molecular flexibility index (Phi) is 2.50. The first-order valence-electron chi connectivity index (χ1n) is 5.77. The fourth-order valence-electron chi connectivity index (χ4n) is 2.42. The standard InChI is InChI=1S/C12H12F2N4/c13-9-3-8(4-10(14)6-9)7-1-2-18-11(5-7)16-12(15)17-18/h3-4,6-7H,1-2,5H2,(H2,15,17). The predicted octanol–water partition coefficient (Wildman–Crippen LogP) is 1.87. The lowest BCUT2D eigenvalue weighted by atomic mass is 9.90. The minimum atomic E-state index is -0.545. The first-order chi connectivity index (χ1) is 8.61. The number of fused-ring (bicyclic) bond motifs is 1. The van der Waals surface area contributed by atoms with E-state index in [2.05, 4.69) is 10.1 Å². The molecule has 6 heteroatoms. The summed E-state index contributed by atoms with van der Waals surface area (Å²) in [5, 5.41) is 4.05. The first-order valence-corrected chi connectivity index (χ1v) is 5.77. The molecule has 0 fully saturated rings. The quantitative estimate of drug-likeness (QED) is 0.840. The highest BCUT2D eigenvalue weighted by Crippen LogP contribution is 2.29. The van der Waals surface area contributed by atoms with Crippen LogP contribution in [0.25, 0.3) is 0 Å². The number of nitrogens with two attached hydrogens (primary N) is 1. The van der Waals surface area contributed by atoms with Gasteiger partial charge in [0, 0.05) is 19.0 Å². The maximum Gasteiger partial charge on any atom is 0.239 e. The maximum atomic E-state index is 13.2. The fraction of sp³-hybridized carbons (Fsp3) is 0.333. The van der Waals surface area contributed by atoms with Gasteiger partial charge in [0.1, 0.15) is 17.5 Å². The third-order valence-corrected chi connectivity index (χ3v) is 3.24. The molecule has 1 aliphatic rings. The summed E-state index contributed by atoms with van der Waals surface area (Å²) in [7, 11) is 0. The molecule has 0 saturated heterocycles. The molecule has 1 unspecified atom stereocenters. The Labute approximate surface area is 102 Å². The summed E-state index contributed by atoms with van der Waals surface area (Å²) in [4.78, 5) is 4.11. The third-order valence-electron chi connectivity index (χ3n) is 3.24. The molecular weight excluding hydrogens is 238 g/mol. The van der Waals surface area contributed by atoms with Gasteiger partial charge in [-0.2, -0.15) is 4.98 Å². The summed E-state index contributed by atoms with van der Waals surface area (Å²) in [6.07, 6.45) is 1.38. The lowest BCUT2D eigenvalue weighted by Crippen LogP contribution is -2.19. The van der Waals surface area contributed by atoms with E-state index in [9.17, 15) is 8.78 Å². The van der Waals surface area contributed by atoms with Gasteiger partial charge in [-0.1, -0.05) is 0 Å². The van der Waals surface area contributed by atoms with Crippen molar-refractivity contribution < 1.29 is 8.78 Å². The number of halogens is 2. The van der Waals surface area contributed by atoms with Crippen molar-refractivity contribution in [3.8, 4) is 0 Å². The zero-order valence-corrected chi connectivity index (χ0v) is 9.61. The van der Waals surface area contributed by atoms with Crippen LogP contribution in [0.4, 0.5) is 14.7 Å². The summed E-state index contributed by atoms with van der Waals surface area (Å²) in [5.74, 6) is -0.0103. The van der Waals surface area contributed by atoms with E-state index in [-0.39, 0.29) is 11.9 Å². The molecule has 0 saturated carbocycles. The Balaban J connectivity index is 1.91.